The van der Waals surface area contributed by atoms with Crippen molar-refractivity contribution in [2.75, 3.05) is 5.73 Å². The van der Waals surface area contributed by atoms with Gasteiger partial charge in [-0.2, -0.15) is 5.10 Å². The Bertz CT molecular complexity index is 426. The predicted molar refractivity (Wildman–Crippen MR) is 50.1 cm³/mol. The molecule has 0 aliphatic carbocycles. The Labute approximate surface area is 84.1 Å². The summed E-state index contributed by atoms with van der Waals surface area (Å²) in [4.78, 5) is 7.49. The van der Waals surface area contributed by atoms with Crippen molar-refractivity contribution in [1.29, 1.82) is 0 Å². The Balaban J connectivity index is 2.19. The van der Waals surface area contributed by atoms with Crippen molar-refractivity contribution in [2.24, 2.45) is 0 Å². The molecule has 0 fully saturated rings. The molecule has 2 rings (SSSR count). The smallest absolute Gasteiger partial charge is 0.222 e. The molecule has 6 nitrogen and oxygen atoms in total. The van der Waals surface area contributed by atoms with Gasteiger partial charge in [-0.1, -0.05) is 0 Å². The predicted octanol–water partition coefficient (Wildman–Crippen LogP) is 1.23. The molecule has 0 amide bonds. The molecule has 0 bridgehead atoms. The average molecular weight is 212 g/mol. The second-order valence-electron chi connectivity index (χ2n) is 2.42. The Morgan fingerprint density at radius 3 is 2.64 bits per heavy atom. The van der Waals surface area contributed by atoms with Gasteiger partial charge in [-0.05, 0) is 11.6 Å². The van der Waals surface area contributed by atoms with Gasteiger partial charge in [0.05, 0.1) is 18.6 Å². The lowest BCUT2D eigenvalue weighted by Crippen LogP contribution is -1.91. The molecule has 0 atom stereocenters. The van der Waals surface area contributed by atoms with Gasteiger partial charge in [0, 0.05) is 0 Å². The number of nitrogens with zero attached hydrogens (tertiary/aromatic N) is 3. The minimum atomic E-state index is 0.164. The molecule has 0 aliphatic rings. The van der Waals surface area contributed by atoms with Gasteiger partial charge in [-0.15, -0.1) is 0 Å². The summed E-state index contributed by atoms with van der Waals surface area (Å²) in [5.74, 6) is 1.15. The summed E-state index contributed by atoms with van der Waals surface area (Å²) in [6.45, 7) is 0. The molecule has 0 unspecified atom stereocenters. The molecule has 0 saturated heterocycles. The number of ether oxygens (including phenoxy) is 1. The van der Waals surface area contributed by atoms with Crippen molar-refractivity contribution in [2.45, 2.75) is 0 Å². The monoisotopic (exact) mass is 211 g/mol. The Hall–Kier alpha value is -1.82. The highest BCUT2D eigenvalue weighted by molar-refractivity contribution is 6.28. The lowest BCUT2D eigenvalue weighted by molar-refractivity contribution is 0.480. The molecule has 72 valence electrons. The molecule has 2 aromatic rings. The van der Waals surface area contributed by atoms with E-state index in [4.69, 9.17) is 22.1 Å². The highest BCUT2D eigenvalue weighted by atomic mass is 35.5. The van der Waals surface area contributed by atoms with E-state index >= 15 is 0 Å². The fourth-order valence-corrected chi connectivity index (χ4v) is 0.949. The first kappa shape index (κ1) is 8.76. The van der Waals surface area contributed by atoms with Crippen LogP contribution < -0.4 is 10.5 Å². The molecule has 14 heavy (non-hydrogen) atoms. The number of halogens is 1. The van der Waals surface area contributed by atoms with Gasteiger partial charge in [0.15, 0.2) is 17.3 Å². The van der Waals surface area contributed by atoms with Crippen LogP contribution in [0.3, 0.4) is 0 Å². The molecule has 0 radical (unpaired) electrons. The highest BCUT2D eigenvalue weighted by Gasteiger charge is 2.04. The maximum Gasteiger partial charge on any atom is 0.222 e. The summed E-state index contributed by atoms with van der Waals surface area (Å²) in [6.07, 6.45) is 4.42. The Morgan fingerprint density at radius 1 is 1.36 bits per heavy atom. The molecular weight excluding hydrogens is 206 g/mol. The summed E-state index contributed by atoms with van der Waals surface area (Å²) in [6, 6.07) is 0. The van der Waals surface area contributed by atoms with E-state index in [0.29, 0.717) is 11.5 Å². The van der Waals surface area contributed by atoms with Crippen molar-refractivity contribution < 1.29 is 4.74 Å². The van der Waals surface area contributed by atoms with Gasteiger partial charge in [-0.25, -0.2) is 9.97 Å². The van der Waals surface area contributed by atoms with E-state index in [1.165, 1.54) is 18.6 Å². The van der Waals surface area contributed by atoms with E-state index in [1.807, 2.05) is 0 Å². The molecule has 0 aromatic carbocycles. The van der Waals surface area contributed by atoms with Crippen LogP contribution >= 0.6 is 11.6 Å². The molecule has 0 spiro atoms. The van der Waals surface area contributed by atoms with Gasteiger partial charge >= 0.3 is 0 Å². The van der Waals surface area contributed by atoms with Gasteiger partial charge in [0.2, 0.25) is 5.28 Å². The van der Waals surface area contributed by atoms with Crippen molar-refractivity contribution >= 4 is 17.4 Å². The lowest BCUT2D eigenvalue weighted by Gasteiger charge is -2.01. The molecule has 2 heterocycles. The third-order valence-electron chi connectivity index (χ3n) is 1.46. The Kier molecular flexibility index (Phi) is 2.19. The average Bonchev–Trinajstić information content (AvgIpc) is 2.56. The second kappa shape index (κ2) is 3.51. The summed E-state index contributed by atoms with van der Waals surface area (Å²) < 4.78 is 5.30. The number of H-pyrrole nitrogens is 1. The zero-order valence-electron chi connectivity index (χ0n) is 6.94. The molecule has 3 N–H and O–H groups in total. The summed E-state index contributed by atoms with van der Waals surface area (Å²) in [7, 11) is 0. The van der Waals surface area contributed by atoms with Crippen molar-refractivity contribution in [3.05, 3.63) is 23.9 Å². The first-order valence-electron chi connectivity index (χ1n) is 3.70. The van der Waals surface area contributed by atoms with E-state index in [9.17, 15) is 0 Å². The minimum absolute atomic E-state index is 0.164. The number of nitrogen functional groups attached to an aromatic ring is 1. The van der Waals surface area contributed by atoms with E-state index in [0.717, 1.165) is 0 Å². The first-order chi connectivity index (χ1) is 6.75. The SMILES string of the molecule is Nc1n[nH]cc1Oc1cnc(Cl)nc1. The third kappa shape index (κ3) is 1.74. The van der Waals surface area contributed by atoms with Crippen LogP contribution in [0.2, 0.25) is 5.28 Å². The van der Waals surface area contributed by atoms with Gasteiger partial charge in [0.25, 0.3) is 0 Å². The fourth-order valence-electron chi connectivity index (χ4n) is 0.851. The number of hydrogen-bond acceptors (Lipinski definition) is 5. The van der Waals surface area contributed by atoms with Crippen LogP contribution in [0.25, 0.3) is 0 Å². The maximum atomic E-state index is 5.50. The van der Waals surface area contributed by atoms with Crippen LogP contribution in [0.15, 0.2) is 18.6 Å². The molecule has 0 saturated carbocycles. The molecule has 2 aromatic heterocycles. The quantitative estimate of drug-likeness (QED) is 0.730. The summed E-state index contributed by atoms with van der Waals surface area (Å²) in [5.41, 5.74) is 5.48. The van der Waals surface area contributed by atoms with Crippen molar-refractivity contribution in [3.63, 3.8) is 0 Å². The van der Waals surface area contributed by atoms with Gasteiger partial charge < -0.3 is 10.5 Å². The normalized spacial score (nSPS) is 10.1. The molecular formula is C7H6ClN5O. The second-order valence-corrected chi connectivity index (χ2v) is 2.76. The number of anilines is 1. The number of aromatic nitrogens is 4. The maximum absolute atomic E-state index is 5.50. The fraction of sp³-hybridized carbons (Fsp3) is 0. The van der Waals surface area contributed by atoms with Gasteiger partial charge in [0.1, 0.15) is 0 Å². The largest absolute Gasteiger partial charge is 0.449 e. The minimum Gasteiger partial charge on any atom is -0.449 e. The van der Waals surface area contributed by atoms with Crippen LogP contribution in [-0.4, -0.2) is 20.2 Å². The zero-order valence-corrected chi connectivity index (χ0v) is 7.69. The lowest BCUT2D eigenvalue weighted by atomic mass is 10.5. The zero-order chi connectivity index (χ0) is 9.97. The van der Waals surface area contributed by atoms with E-state index in [2.05, 4.69) is 20.2 Å². The highest BCUT2D eigenvalue weighted by Crippen LogP contribution is 2.23. The first-order valence-corrected chi connectivity index (χ1v) is 4.08. The number of hydrogen-bond donors (Lipinski definition) is 2. The number of rotatable bonds is 2. The molecule has 0 aliphatic heterocycles. The van der Waals surface area contributed by atoms with Crippen molar-refractivity contribution in [3.8, 4) is 11.5 Å². The van der Waals surface area contributed by atoms with Crippen LogP contribution in [-0.2, 0) is 0 Å². The summed E-state index contributed by atoms with van der Waals surface area (Å²) >= 11 is 5.50. The van der Waals surface area contributed by atoms with E-state index in [-0.39, 0.29) is 11.1 Å². The number of aromatic amines is 1. The van der Waals surface area contributed by atoms with Crippen LogP contribution in [0.1, 0.15) is 0 Å². The van der Waals surface area contributed by atoms with Crippen molar-refractivity contribution in [1.82, 2.24) is 20.2 Å². The number of nitrogens with one attached hydrogen (secondary N) is 1. The molecule has 7 heteroatoms. The Morgan fingerprint density at radius 2 is 2.07 bits per heavy atom. The number of nitrogens with two attached hydrogens (primary N) is 1. The van der Waals surface area contributed by atoms with E-state index < -0.39 is 0 Å². The van der Waals surface area contributed by atoms with Crippen LogP contribution in [0, 0.1) is 0 Å². The van der Waals surface area contributed by atoms with Gasteiger partial charge in [-0.3, -0.25) is 5.10 Å². The third-order valence-corrected chi connectivity index (χ3v) is 1.65. The van der Waals surface area contributed by atoms with E-state index in [1.54, 1.807) is 0 Å². The van der Waals surface area contributed by atoms with Crippen LogP contribution in [0.4, 0.5) is 5.82 Å². The topological polar surface area (TPSA) is 89.7 Å². The summed E-state index contributed by atoms with van der Waals surface area (Å²) in [5, 5.41) is 6.42. The van der Waals surface area contributed by atoms with Crippen LogP contribution in [0.5, 0.6) is 11.5 Å². The standard InChI is InChI=1S/C7H6ClN5O/c8-7-10-1-4(2-11-7)14-5-3-12-13-6(5)9/h1-3H,(H3,9,12,13).